The Morgan fingerprint density at radius 3 is 2.74 bits per heavy atom. The van der Waals surface area contributed by atoms with E-state index in [2.05, 4.69) is 17.6 Å². The van der Waals surface area contributed by atoms with E-state index in [1.165, 1.54) is 24.4 Å². The summed E-state index contributed by atoms with van der Waals surface area (Å²) in [7, 11) is -4.35. The first-order valence-electron chi connectivity index (χ1n) is 7.11. The van der Waals surface area contributed by atoms with Gasteiger partial charge in [0.2, 0.25) is 0 Å². The highest BCUT2D eigenvalue weighted by molar-refractivity contribution is 7.85. The zero-order chi connectivity index (χ0) is 17.3. The number of nitrogens with zero attached hydrogens (tertiary/aromatic N) is 1. The molecule has 0 unspecified atom stereocenters. The van der Waals surface area contributed by atoms with Crippen molar-refractivity contribution in [1.29, 1.82) is 5.26 Å². The van der Waals surface area contributed by atoms with Crippen molar-refractivity contribution in [2.45, 2.75) is 31.1 Å². The molecule has 0 spiro atoms. The molecule has 0 saturated heterocycles. The second kappa shape index (κ2) is 8.92. The Labute approximate surface area is 135 Å². The van der Waals surface area contributed by atoms with Crippen molar-refractivity contribution in [1.82, 2.24) is 5.32 Å². The minimum Gasteiger partial charge on any atom is -0.390 e. The van der Waals surface area contributed by atoms with Crippen LogP contribution in [0.4, 0.5) is 5.69 Å². The predicted octanol–water partition coefficient (Wildman–Crippen LogP) is 2.06. The van der Waals surface area contributed by atoms with Crippen LogP contribution in [-0.2, 0) is 14.9 Å². The summed E-state index contributed by atoms with van der Waals surface area (Å²) in [6.45, 7) is 2.73. The Bertz CT molecular complexity index is 720. The zero-order valence-corrected chi connectivity index (χ0v) is 13.6. The van der Waals surface area contributed by atoms with Crippen LogP contribution in [0.5, 0.6) is 0 Å². The van der Waals surface area contributed by atoms with Crippen molar-refractivity contribution in [3.63, 3.8) is 0 Å². The topological polar surface area (TPSA) is 119 Å². The highest BCUT2D eigenvalue weighted by Crippen LogP contribution is 2.15. The standard InChI is InChI=1S/C15H19N3O4S/c1-2-3-4-8-17-11-12(10-16)15(19)18-13-6-5-7-14(9-13)23(20,21)22/h5-7,9,11,17H,2-4,8H2,1H3,(H,18,19)(H,20,21,22)/b12-11-. The van der Waals surface area contributed by atoms with Gasteiger partial charge in [-0.1, -0.05) is 25.8 Å². The van der Waals surface area contributed by atoms with Gasteiger partial charge in [0, 0.05) is 18.4 Å². The lowest BCUT2D eigenvalue weighted by molar-refractivity contribution is -0.112. The van der Waals surface area contributed by atoms with Crippen LogP contribution in [-0.4, -0.2) is 25.4 Å². The summed E-state index contributed by atoms with van der Waals surface area (Å²) in [4.78, 5) is 11.6. The average Bonchev–Trinajstić information content (AvgIpc) is 2.50. The molecule has 1 amide bonds. The van der Waals surface area contributed by atoms with Crippen LogP contribution in [0.15, 0.2) is 40.9 Å². The van der Waals surface area contributed by atoms with E-state index in [0.29, 0.717) is 6.54 Å². The third-order valence-corrected chi connectivity index (χ3v) is 3.78. The number of amides is 1. The summed E-state index contributed by atoms with van der Waals surface area (Å²) in [5.41, 5.74) is 0.0380. The second-order valence-corrected chi connectivity index (χ2v) is 6.21. The third kappa shape index (κ3) is 6.50. The average molecular weight is 337 g/mol. The molecule has 0 aliphatic carbocycles. The minimum atomic E-state index is -4.35. The Morgan fingerprint density at radius 2 is 2.13 bits per heavy atom. The van der Waals surface area contributed by atoms with E-state index in [4.69, 9.17) is 9.81 Å². The van der Waals surface area contributed by atoms with E-state index in [-0.39, 0.29) is 16.2 Å². The molecule has 0 heterocycles. The van der Waals surface area contributed by atoms with Crippen LogP contribution in [0, 0.1) is 11.3 Å². The van der Waals surface area contributed by atoms with Crippen molar-refractivity contribution in [2.24, 2.45) is 0 Å². The monoisotopic (exact) mass is 337 g/mol. The van der Waals surface area contributed by atoms with E-state index < -0.39 is 16.0 Å². The fourth-order valence-electron chi connectivity index (χ4n) is 1.73. The Kier molecular flexibility index (Phi) is 7.25. The Morgan fingerprint density at radius 1 is 1.39 bits per heavy atom. The fourth-order valence-corrected chi connectivity index (χ4v) is 2.26. The molecule has 0 aliphatic rings. The highest BCUT2D eigenvalue weighted by Gasteiger charge is 2.13. The number of nitrogens with one attached hydrogen (secondary N) is 2. The highest BCUT2D eigenvalue weighted by atomic mass is 32.2. The largest absolute Gasteiger partial charge is 0.390 e. The first-order valence-corrected chi connectivity index (χ1v) is 8.55. The minimum absolute atomic E-state index is 0.126. The molecule has 0 radical (unpaired) electrons. The molecular formula is C15H19N3O4S. The van der Waals surface area contributed by atoms with E-state index in [1.54, 1.807) is 6.07 Å². The van der Waals surface area contributed by atoms with Gasteiger partial charge < -0.3 is 10.6 Å². The van der Waals surface area contributed by atoms with Gasteiger partial charge in [-0.3, -0.25) is 9.35 Å². The van der Waals surface area contributed by atoms with Gasteiger partial charge in [0.25, 0.3) is 16.0 Å². The lowest BCUT2D eigenvalue weighted by Gasteiger charge is -2.06. The van der Waals surface area contributed by atoms with Crippen LogP contribution in [0.1, 0.15) is 26.2 Å². The van der Waals surface area contributed by atoms with Gasteiger partial charge in [0.05, 0.1) is 4.90 Å². The molecule has 3 N–H and O–H groups in total. The summed E-state index contributed by atoms with van der Waals surface area (Å²) in [6, 6.07) is 6.91. The van der Waals surface area contributed by atoms with Crippen molar-refractivity contribution < 1.29 is 17.8 Å². The molecule has 124 valence electrons. The van der Waals surface area contributed by atoms with E-state index in [1.807, 2.05) is 0 Å². The van der Waals surface area contributed by atoms with E-state index >= 15 is 0 Å². The maximum Gasteiger partial charge on any atom is 0.294 e. The van der Waals surface area contributed by atoms with Crippen LogP contribution >= 0.6 is 0 Å². The molecule has 1 aromatic carbocycles. The fraction of sp³-hybridized carbons (Fsp3) is 0.333. The van der Waals surface area contributed by atoms with Gasteiger partial charge in [0.1, 0.15) is 11.6 Å². The van der Waals surface area contributed by atoms with Crippen LogP contribution < -0.4 is 10.6 Å². The Balaban J connectivity index is 2.74. The maximum absolute atomic E-state index is 12.0. The molecule has 23 heavy (non-hydrogen) atoms. The molecule has 8 heteroatoms. The smallest absolute Gasteiger partial charge is 0.294 e. The lowest BCUT2D eigenvalue weighted by Crippen LogP contribution is -2.17. The summed E-state index contributed by atoms with van der Waals surface area (Å²) in [5.74, 6) is -0.664. The number of carbonyl (C=O) groups is 1. The van der Waals surface area contributed by atoms with Crippen LogP contribution in [0.3, 0.4) is 0 Å². The van der Waals surface area contributed by atoms with Gasteiger partial charge in [-0.05, 0) is 24.6 Å². The molecule has 0 bridgehead atoms. The number of carbonyl (C=O) groups excluding carboxylic acids is 1. The number of benzene rings is 1. The van der Waals surface area contributed by atoms with Crippen molar-refractivity contribution in [2.75, 3.05) is 11.9 Å². The molecule has 1 aromatic rings. The normalized spacial score (nSPS) is 11.6. The molecule has 0 atom stereocenters. The SMILES string of the molecule is CCCCCN/C=C(/C#N)C(=O)Nc1cccc(S(=O)(=O)O)c1. The van der Waals surface area contributed by atoms with Crippen molar-refractivity contribution in [3.05, 3.63) is 36.0 Å². The number of rotatable bonds is 8. The van der Waals surface area contributed by atoms with Crippen LogP contribution in [0.2, 0.25) is 0 Å². The first-order chi connectivity index (χ1) is 10.9. The molecular weight excluding hydrogens is 318 g/mol. The molecule has 7 nitrogen and oxygen atoms in total. The number of nitriles is 1. The van der Waals surface area contributed by atoms with Crippen molar-refractivity contribution in [3.8, 4) is 6.07 Å². The second-order valence-electron chi connectivity index (χ2n) is 4.79. The van der Waals surface area contributed by atoms with Gasteiger partial charge >= 0.3 is 0 Å². The summed E-state index contributed by atoms with van der Waals surface area (Å²) in [6.07, 6.45) is 4.39. The molecule has 1 rings (SSSR count). The zero-order valence-electron chi connectivity index (χ0n) is 12.7. The summed E-state index contributed by atoms with van der Waals surface area (Å²) >= 11 is 0. The molecule has 0 aromatic heterocycles. The molecule has 0 aliphatic heterocycles. The van der Waals surface area contributed by atoms with Gasteiger partial charge in [-0.25, -0.2) is 0 Å². The lowest BCUT2D eigenvalue weighted by atomic mass is 10.2. The quantitative estimate of drug-likeness (QED) is 0.289. The van der Waals surface area contributed by atoms with Gasteiger partial charge in [0.15, 0.2) is 0 Å². The number of anilines is 1. The number of unbranched alkanes of at least 4 members (excludes halogenated alkanes) is 2. The van der Waals surface area contributed by atoms with E-state index in [9.17, 15) is 13.2 Å². The molecule has 0 fully saturated rings. The summed E-state index contributed by atoms with van der Waals surface area (Å²) < 4.78 is 31.1. The molecule has 0 saturated carbocycles. The van der Waals surface area contributed by atoms with Crippen molar-refractivity contribution >= 4 is 21.7 Å². The maximum atomic E-state index is 12.0. The van der Waals surface area contributed by atoms with E-state index in [0.717, 1.165) is 25.3 Å². The van der Waals surface area contributed by atoms with Gasteiger partial charge in [-0.2, -0.15) is 13.7 Å². The number of hydrogen-bond acceptors (Lipinski definition) is 5. The van der Waals surface area contributed by atoms with Crippen LogP contribution in [0.25, 0.3) is 0 Å². The first kappa shape index (κ1) is 18.7. The van der Waals surface area contributed by atoms with Gasteiger partial charge in [-0.15, -0.1) is 0 Å². The third-order valence-electron chi connectivity index (χ3n) is 2.93. The Hall–Kier alpha value is -2.37. The summed E-state index contributed by atoms with van der Waals surface area (Å²) in [5, 5.41) is 14.3. The predicted molar refractivity (Wildman–Crippen MR) is 86.1 cm³/mol. The number of hydrogen-bond donors (Lipinski definition) is 3.